The number of carbonyl (C=O) groups excluding carboxylic acids is 3. The molecule has 2 saturated carbocycles. The van der Waals surface area contributed by atoms with Crippen molar-refractivity contribution in [1.29, 1.82) is 0 Å². The zero-order chi connectivity index (χ0) is 18.9. The second kappa shape index (κ2) is 5.78. The van der Waals surface area contributed by atoms with E-state index in [-0.39, 0.29) is 48.1 Å². The van der Waals surface area contributed by atoms with Gasteiger partial charge in [-0.25, -0.2) is 0 Å². The Hall–Kier alpha value is -2.43. The van der Waals surface area contributed by atoms with Gasteiger partial charge in [0, 0.05) is 12.6 Å². The maximum Gasteiger partial charge on any atom is 0.235 e. The zero-order valence-corrected chi connectivity index (χ0v) is 15.7. The highest BCUT2D eigenvalue weighted by Gasteiger charge is 2.67. The van der Waals surface area contributed by atoms with Gasteiger partial charge in [0.2, 0.25) is 17.7 Å². The van der Waals surface area contributed by atoms with Gasteiger partial charge in [0.15, 0.2) is 0 Å². The van der Waals surface area contributed by atoms with Gasteiger partial charge < -0.3 is 0 Å². The first-order chi connectivity index (χ1) is 13.0. The minimum absolute atomic E-state index is 0.0141. The normalized spacial score (nSPS) is 35.3. The maximum atomic E-state index is 13.1. The van der Waals surface area contributed by atoms with Crippen molar-refractivity contribution in [2.24, 2.45) is 35.5 Å². The fourth-order valence-electron chi connectivity index (χ4n) is 5.57. The smallest absolute Gasteiger partial charge is 0.235 e. The van der Waals surface area contributed by atoms with E-state index in [0.29, 0.717) is 11.8 Å². The van der Waals surface area contributed by atoms with Crippen molar-refractivity contribution >= 4 is 23.4 Å². The lowest BCUT2D eigenvalue weighted by atomic mass is 9.63. The number of hydrogen-bond acceptors (Lipinski definition) is 3. The molecule has 1 aliphatic heterocycles. The van der Waals surface area contributed by atoms with Crippen LogP contribution in [0.5, 0.6) is 0 Å². The Balaban J connectivity index is 1.42. The third-order valence-corrected chi connectivity index (χ3v) is 7.07. The highest BCUT2D eigenvalue weighted by Crippen LogP contribution is 2.65. The van der Waals surface area contributed by atoms with Crippen LogP contribution in [0.25, 0.3) is 0 Å². The van der Waals surface area contributed by atoms with E-state index in [2.05, 4.69) is 19.1 Å². The predicted octanol–water partition coefficient (Wildman–Crippen LogP) is 2.61. The predicted molar refractivity (Wildman–Crippen MR) is 100 cm³/mol. The van der Waals surface area contributed by atoms with Crippen LogP contribution in [-0.4, -0.2) is 29.3 Å². The molecular weight excluding hydrogens is 340 g/mol. The number of likely N-dealkylation sites (tertiary alicyclic amines) is 1. The molecule has 3 amide bonds. The number of anilines is 1. The summed E-state index contributed by atoms with van der Waals surface area (Å²) in [6, 6.07) is 7.74. The molecule has 1 heterocycles. The summed E-state index contributed by atoms with van der Waals surface area (Å²) in [4.78, 5) is 41.4. The van der Waals surface area contributed by atoms with Gasteiger partial charge in [0.05, 0.1) is 11.8 Å². The average Bonchev–Trinajstić information content (AvgIpc) is 3.46. The number of hydrogen-bond donors (Lipinski definition) is 0. The monoisotopic (exact) mass is 364 g/mol. The molecule has 6 rings (SSSR count). The first-order valence-electron chi connectivity index (χ1n) is 9.92. The summed E-state index contributed by atoms with van der Waals surface area (Å²) in [6.45, 7) is 3.57. The second-order valence-electron chi connectivity index (χ2n) is 8.37. The molecule has 3 fully saturated rings. The van der Waals surface area contributed by atoms with Gasteiger partial charge in [-0.05, 0) is 54.2 Å². The number of benzene rings is 1. The molecule has 2 bridgehead atoms. The summed E-state index contributed by atoms with van der Waals surface area (Å²) in [7, 11) is 0. The summed E-state index contributed by atoms with van der Waals surface area (Å²) < 4.78 is 0. The number of carbonyl (C=O) groups is 3. The van der Waals surface area contributed by atoms with Gasteiger partial charge >= 0.3 is 0 Å². The largest absolute Gasteiger partial charge is 0.294 e. The number of amides is 3. The van der Waals surface area contributed by atoms with Crippen molar-refractivity contribution in [3.8, 4) is 0 Å². The molecule has 140 valence electrons. The van der Waals surface area contributed by atoms with Gasteiger partial charge in [-0.3, -0.25) is 24.2 Å². The Morgan fingerprint density at radius 1 is 1.04 bits per heavy atom. The minimum atomic E-state index is -0.215. The number of allylic oxidation sites excluding steroid dienone is 2. The highest BCUT2D eigenvalue weighted by molar-refractivity contribution is 6.07. The van der Waals surface area contributed by atoms with Gasteiger partial charge in [-0.1, -0.05) is 31.2 Å². The molecule has 0 unspecified atom stereocenters. The molecule has 5 aliphatic rings. The van der Waals surface area contributed by atoms with E-state index >= 15 is 0 Å². The Bertz CT molecular complexity index is 823. The lowest BCUT2D eigenvalue weighted by molar-refractivity contribution is -0.140. The molecule has 27 heavy (non-hydrogen) atoms. The molecule has 1 aromatic rings. The van der Waals surface area contributed by atoms with Crippen molar-refractivity contribution in [3.63, 3.8) is 0 Å². The SMILES string of the molecule is CCc1ccc(N(CN2C(=O)[C@H]3[C@@H]4C=C[C@@H]([C@H]5C[C@H]45)[C@@H]3C2=O)C(C)=O)cc1. The van der Waals surface area contributed by atoms with Crippen LogP contribution < -0.4 is 4.90 Å². The molecule has 5 heteroatoms. The number of imide groups is 1. The first-order valence-corrected chi connectivity index (χ1v) is 9.92. The quantitative estimate of drug-likeness (QED) is 0.610. The number of rotatable bonds is 4. The summed E-state index contributed by atoms with van der Waals surface area (Å²) in [5, 5.41) is 0. The van der Waals surface area contributed by atoms with Crippen LogP contribution in [0.3, 0.4) is 0 Å². The lowest BCUT2D eigenvalue weighted by Gasteiger charge is -2.37. The summed E-state index contributed by atoms with van der Waals surface area (Å²) >= 11 is 0. The van der Waals surface area contributed by atoms with Crippen LogP contribution in [0.4, 0.5) is 5.69 Å². The number of aryl methyl sites for hydroxylation is 1. The van der Waals surface area contributed by atoms with Crippen molar-refractivity contribution < 1.29 is 14.4 Å². The van der Waals surface area contributed by atoms with Crippen molar-refractivity contribution in [3.05, 3.63) is 42.0 Å². The van der Waals surface area contributed by atoms with Gasteiger partial charge in [0.25, 0.3) is 0 Å². The van der Waals surface area contributed by atoms with Gasteiger partial charge in [-0.2, -0.15) is 0 Å². The van der Waals surface area contributed by atoms with E-state index in [0.717, 1.165) is 18.5 Å². The molecular formula is C22H24N2O3. The molecule has 0 N–H and O–H groups in total. The van der Waals surface area contributed by atoms with Crippen LogP contribution >= 0.6 is 0 Å². The summed E-state index contributed by atoms with van der Waals surface area (Å²) in [5.41, 5.74) is 1.91. The number of nitrogens with zero attached hydrogens (tertiary/aromatic N) is 2. The fraction of sp³-hybridized carbons (Fsp3) is 0.500. The van der Waals surface area contributed by atoms with E-state index in [1.54, 1.807) is 0 Å². The van der Waals surface area contributed by atoms with Crippen LogP contribution in [0.2, 0.25) is 0 Å². The van der Waals surface area contributed by atoms with Crippen molar-refractivity contribution in [2.75, 3.05) is 11.6 Å². The Morgan fingerprint density at radius 3 is 2.07 bits per heavy atom. The lowest BCUT2D eigenvalue weighted by Crippen LogP contribution is -2.44. The third kappa shape index (κ3) is 2.33. The first kappa shape index (κ1) is 16.7. The Kier molecular flexibility index (Phi) is 3.58. The molecule has 1 aromatic carbocycles. The average molecular weight is 364 g/mol. The molecule has 6 atom stereocenters. The molecule has 0 radical (unpaired) electrons. The van der Waals surface area contributed by atoms with Crippen molar-refractivity contribution in [2.45, 2.75) is 26.7 Å². The van der Waals surface area contributed by atoms with E-state index in [9.17, 15) is 14.4 Å². The third-order valence-electron chi connectivity index (χ3n) is 7.07. The van der Waals surface area contributed by atoms with Crippen LogP contribution in [0.15, 0.2) is 36.4 Å². The van der Waals surface area contributed by atoms with E-state index in [1.807, 2.05) is 24.3 Å². The molecule has 5 nitrogen and oxygen atoms in total. The zero-order valence-electron chi connectivity index (χ0n) is 15.7. The second-order valence-corrected chi connectivity index (χ2v) is 8.37. The standard InChI is InChI=1S/C22H24N2O3/c1-3-13-4-6-14(7-5-13)23(12(2)25)11-24-21(26)19-15-8-9-16(18-10-17(15)18)20(19)22(24)27/h4-9,15-20H,3,10-11H2,1-2H3/t15-,16+,17-,18-,19+,20+/m1/s1. The van der Waals surface area contributed by atoms with Gasteiger partial charge in [-0.15, -0.1) is 0 Å². The highest BCUT2D eigenvalue weighted by atomic mass is 16.2. The minimum Gasteiger partial charge on any atom is -0.294 e. The fourth-order valence-corrected chi connectivity index (χ4v) is 5.57. The van der Waals surface area contributed by atoms with Crippen molar-refractivity contribution in [1.82, 2.24) is 4.90 Å². The summed E-state index contributed by atoms with van der Waals surface area (Å²) in [6.07, 6.45) is 6.41. The molecule has 0 spiro atoms. The maximum absolute atomic E-state index is 13.1. The molecule has 1 saturated heterocycles. The van der Waals surface area contributed by atoms with Gasteiger partial charge in [0.1, 0.15) is 6.67 Å². The van der Waals surface area contributed by atoms with Crippen LogP contribution in [-0.2, 0) is 20.8 Å². The Morgan fingerprint density at radius 2 is 1.59 bits per heavy atom. The summed E-state index contributed by atoms with van der Waals surface area (Å²) in [5.74, 6) is 0.810. The van der Waals surface area contributed by atoms with E-state index < -0.39 is 0 Å². The molecule has 4 aliphatic carbocycles. The van der Waals surface area contributed by atoms with E-state index in [4.69, 9.17) is 0 Å². The Labute approximate surface area is 159 Å². The van der Waals surface area contributed by atoms with Crippen LogP contribution in [0.1, 0.15) is 25.8 Å². The van der Waals surface area contributed by atoms with E-state index in [1.165, 1.54) is 22.3 Å². The molecule has 0 aromatic heterocycles. The topological polar surface area (TPSA) is 57.7 Å². The van der Waals surface area contributed by atoms with Crippen LogP contribution in [0, 0.1) is 35.5 Å².